The Kier molecular flexibility index (Phi) is 3.81. The summed E-state index contributed by atoms with van der Waals surface area (Å²) in [5.74, 6) is -1.27. The zero-order chi connectivity index (χ0) is 18.5. The van der Waals surface area contributed by atoms with E-state index in [0.717, 1.165) is 29.7 Å². The minimum Gasteiger partial charge on any atom is -0.325 e. The number of hydrogen-bond acceptors (Lipinski definition) is 8. The van der Waals surface area contributed by atoms with Gasteiger partial charge >= 0.3 is 11.9 Å². The number of tetrazole rings is 1. The van der Waals surface area contributed by atoms with Crippen molar-refractivity contribution >= 4 is 28.1 Å². The average Bonchev–Trinajstić information content (AvgIpc) is 3.23. The maximum absolute atomic E-state index is 11.7. The molecule has 1 spiro atoms. The summed E-state index contributed by atoms with van der Waals surface area (Å²) >= 11 is 0. The highest BCUT2D eigenvalue weighted by atomic mass is 32.3. The van der Waals surface area contributed by atoms with E-state index in [1.54, 1.807) is 17.1 Å². The summed E-state index contributed by atoms with van der Waals surface area (Å²) < 4.78 is 12.3. The van der Waals surface area contributed by atoms with Crippen LogP contribution in [-0.4, -0.2) is 57.7 Å². The van der Waals surface area contributed by atoms with E-state index in [1.807, 2.05) is 32.3 Å². The molecule has 136 valence electrons. The minimum atomic E-state index is -2.51. The largest absolute Gasteiger partial charge is 0.441 e. The van der Waals surface area contributed by atoms with Crippen LogP contribution < -0.4 is 0 Å². The van der Waals surface area contributed by atoms with Gasteiger partial charge in [0.05, 0.1) is 10.3 Å². The van der Waals surface area contributed by atoms with Gasteiger partial charge in [0, 0.05) is 24.7 Å². The predicted octanol–water partition coefficient (Wildman–Crippen LogP) is 1.28. The third kappa shape index (κ3) is 2.58. The van der Waals surface area contributed by atoms with Crippen LogP contribution >= 0.6 is 10.6 Å². The lowest BCUT2D eigenvalue weighted by atomic mass is 10.0. The summed E-state index contributed by atoms with van der Waals surface area (Å²) in [4.78, 5) is 26.1. The summed E-state index contributed by atoms with van der Waals surface area (Å²) in [5, 5.41) is 13.4. The average molecular weight is 375 g/mol. The molecule has 0 bridgehead atoms. The lowest BCUT2D eigenvalue weighted by Gasteiger charge is -2.29. The van der Waals surface area contributed by atoms with Gasteiger partial charge in [-0.3, -0.25) is 0 Å². The number of aromatic nitrogens is 4. The van der Waals surface area contributed by atoms with Crippen LogP contribution in [0.25, 0.3) is 17.0 Å². The molecule has 0 amide bonds. The second-order valence-electron chi connectivity index (χ2n) is 6.32. The molecule has 26 heavy (non-hydrogen) atoms. The molecule has 1 fully saturated rings. The standard InChI is InChI=1S/C16H17N5O4S/c1-20(2)7-6-11-9-26(24-15(22)16(23)25-26)13-5-4-10(8-12(11)13)14-17-18-19-21(14)3/h4-5,8-9H,6-7H2,1-3H3. The molecular weight excluding hydrogens is 358 g/mol. The molecule has 0 N–H and O–H groups in total. The van der Waals surface area contributed by atoms with Gasteiger partial charge in [-0.05, 0) is 54.7 Å². The van der Waals surface area contributed by atoms with E-state index >= 15 is 0 Å². The Hall–Kier alpha value is -2.72. The number of nitrogens with zero attached hydrogens (tertiary/aromatic N) is 5. The number of aryl methyl sites for hydroxylation is 1. The molecule has 1 aromatic heterocycles. The van der Waals surface area contributed by atoms with E-state index in [9.17, 15) is 9.59 Å². The Morgan fingerprint density at radius 1 is 1.19 bits per heavy atom. The van der Waals surface area contributed by atoms with Crippen LogP contribution in [0.15, 0.2) is 28.5 Å². The topological polar surface area (TPSA) is 99.4 Å². The van der Waals surface area contributed by atoms with E-state index in [1.165, 1.54) is 0 Å². The third-order valence-corrected chi connectivity index (χ3v) is 6.56. The van der Waals surface area contributed by atoms with Crippen LogP contribution in [0.4, 0.5) is 0 Å². The van der Waals surface area contributed by atoms with E-state index < -0.39 is 22.5 Å². The highest BCUT2D eigenvalue weighted by Gasteiger charge is 2.46. The fourth-order valence-electron chi connectivity index (χ4n) is 2.94. The number of carbonyl (C=O) groups is 2. The highest BCUT2D eigenvalue weighted by Crippen LogP contribution is 2.69. The Morgan fingerprint density at radius 3 is 2.54 bits per heavy atom. The third-order valence-electron chi connectivity index (χ3n) is 4.20. The van der Waals surface area contributed by atoms with E-state index in [-0.39, 0.29) is 0 Å². The molecule has 10 heteroatoms. The first-order chi connectivity index (χ1) is 12.4. The lowest BCUT2D eigenvalue weighted by Crippen LogP contribution is -2.13. The quantitative estimate of drug-likeness (QED) is 0.737. The fraction of sp³-hybridized carbons (Fsp3) is 0.312. The minimum absolute atomic E-state index is 0.621. The van der Waals surface area contributed by atoms with E-state index in [0.29, 0.717) is 10.7 Å². The molecule has 2 aliphatic rings. The van der Waals surface area contributed by atoms with Crippen LogP contribution in [0.3, 0.4) is 0 Å². The SMILES string of the molecule is CN(C)CCC1=CS2(OC(=O)C(=O)O2)c2ccc(-c3nnnn3C)cc21. The fourth-order valence-corrected chi connectivity index (χ4v) is 5.34. The Labute approximate surface area is 151 Å². The second kappa shape index (κ2) is 5.92. The zero-order valence-electron chi connectivity index (χ0n) is 14.5. The predicted molar refractivity (Wildman–Crippen MR) is 93.4 cm³/mol. The summed E-state index contributed by atoms with van der Waals surface area (Å²) in [6.45, 7) is 0.804. The summed E-state index contributed by atoms with van der Waals surface area (Å²) in [6.07, 6.45) is 0.727. The van der Waals surface area contributed by atoms with E-state index in [2.05, 4.69) is 20.4 Å². The van der Waals surface area contributed by atoms with Crippen molar-refractivity contribution < 1.29 is 18.0 Å². The molecular formula is C16H17N5O4S. The summed E-state index contributed by atoms with van der Waals surface area (Å²) in [5.41, 5.74) is 2.70. The van der Waals surface area contributed by atoms with Crippen molar-refractivity contribution in [1.29, 1.82) is 0 Å². The number of rotatable bonds is 4. The zero-order valence-corrected chi connectivity index (χ0v) is 15.3. The van der Waals surface area contributed by atoms with Crippen molar-refractivity contribution in [2.75, 3.05) is 20.6 Å². The Bertz CT molecular complexity index is 936. The molecule has 2 aromatic rings. The van der Waals surface area contributed by atoms with Crippen molar-refractivity contribution in [3.8, 4) is 11.4 Å². The molecule has 2 aliphatic heterocycles. The first-order valence-corrected chi connectivity index (χ1v) is 9.47. The molecule has 0 atom stereocenters. The van der Waals surface area contributed by atoms with E-state index in [4.69, 9.17) is 8.37 Å². The molecule has 0 saturated carbocycles. The number of carbonyl (C=O) groups excluding carboxylic acids is 2. The summed E-state index contributed by atoms with van der Waals surface area (Å²) in [6, 6.07) is 5.60. The van der Waals surface area contributed by atoms with Crippen molar-refractivity contribution in [2.24, 2.45) is 7.05 Å². The Morgan fingerprint density at radius 2 is 1.92 bits per heavy atom. The van der Waals surface area contributed by atoms with Crippen LogP contribution in [0, 0.1) is 0 Å². The molecule has 0 unspecified atom stereocenters. The van der Waals surface area contributed by atoms with Gasteiger partial charge in [0.1, 0.15) is 0 Å². The van der Waals surface area contributed by atoms with Gasteiger partial charge in [0.2, 0.25) is 0 Å². The summed E-state index contributed by atoms with van der Waals surface area (Å²) in [7, 11) is 3.21. The van der Waals surface area contributed by atoms with Gasteiger partial charge in [-0.2, -0.15) is 0 Å². The van der Waals surface area contributed by atoms with Crippen molar-refractivity contribution in [3.05, 3.63) is 29.2 Å². The van der Waals surface area contributed by atoms with Crippen molar-refractivity contribution in [3.63, 3.8) is 0 Å². The number of fused-ring (bicyclic) bond motifs is 2. The second-order valence-corrected chi connectivity index (χ2v) is 8.42. The first-order valence-electron chi connectivity index (χ1n) is 7.93. The van der Waals surface area contributed by atoms with Gasteiger partial charge in [-0.25, -0.2) is 14.3 Å². The molecule has 1 saturated heterocycles. The molecule has 4 rings (SSSR count). The number of benzene rings is 1. The van der Waals surface area contributed by atoms with Crippen molar-refractivity contribution in [2.45, 2.75) is 11.3 Å². The van der Waals surface area contributed by atoms with Crippen molar-refractivity contribution in [1.82, 2.24) is 25.1 Å². The molecule has 0 radical (unpaired) electrons. The molecule has 1 aromatic carbocycles. The Balaban J connectivity index is 1.80. The molecule has 0 aliphatic carbocycles. The smallest absolute Gasteiger partial charge is 0.325 e. The maximum Gasteiger partial charge on any atom is 0.441 e. The molecule has 3 heterocycles. The first kappa shape index (κ1) is 16.7. The number of hydrogen-bond donors (Lipinski definition) is 0. The normalized spacial score (nSPS) is 18.7. The van der Waals surface area contributed by atoms with Gasteiger partial charge in [-0.15, -0.1) is 5.10 Å². The van der Waals surface area contributed by atoms with Gasteiger partial charge in [-0.1, -0.05) is 10.6 Å². The molecule has 9 nitrogen and oxygen atoms in total. The van der Waals surface area contributed by atoms with Gasteiger partial charge in [0.25, 0.3) is 0 Å². The van der Waals surface area contributed by atoms with Crippen LogP contribution in [0.1, 0.15) is 12.0 Å². The maximum atomic E-state index is 11.7. The lowest BCUT2D eigenvalue weighted by molar-refractivity contribution is -0.150. The van der Waals surface area contributed by atoms with Gasteiger partial charge < -0.3 is 13.3 Å². The highest BCUT2D eigenvalue weighted by molar-refractivity contribution is 8.29. The van der Waals surface area contributed by atoms with Crippen LogP contribution in [0.2, 0.25) is 0 Å². The van der Waals surface area contributed by atoms with Gasteiger partial charge in [0.15, 0.2) is 5.82 Å². The monoisotopic (exact) mass is 375 g/mol. The van der Waals surface area contributed by atoms with Crippen LogP contribution in [0.5, 0.6) is 0 Å². The van der Waals surface area contributed by atoms with Crippen LogP contribution in [-0.2, 0) is 25.0 Å².